The fraction of sp³-hybridized carbons (Fsp3) is 0.150. The van der Waals surface area contributed by atoms with Crippen molar-refractivity contribution in [3.05, 3.63) is 81.8 Å². The summed E-state index contributed by atoms with van der Waals surface area (Å²) in [5.74, 6) is 1.01. The summed E-state index contributed by atoms with van der Waals surface area (Å²) in [7, 11) is 0. The van der Waals surface area contributed by atoms with Gasteiger partial charge in [-0.25, -0.2) is 4.98 Å². The Morgan fingerprint density at radius 2 is 1.88 bits per heavy atom. The second-order valence-electron chi connectivity index (χ2n) is 6.33. The van der Waals surface area contributed by atoms with Gasteiger partial charge in [-0.1, -0.05) is 36.4 Å². The Hall–Kier alpha value is -3.41. The molecule has 0 bridgehead atoms. The number of nitrogens with one attached hydrogen (secondary N) is 2. The minimum absolute atomic E-state index is 0.177. The fourth-order valence-corrected chi connectivity index (χ4v) is 2.92. The molecular formula is C20H19N5O. The summed E-state index contributed by atoms with van der Waals surface area (Å²) in [4.78, 5) is 21.4. The maximum absolute atomic E-state index is 12.4. The summed E-state index contributed by atoms with van der Waals surface area (Å²) in [6.45, 7) is 4.51. The van der Waals surface area contributed by atoms with Gasteiger partial charge in [0.1, 0.15) is 0 Å². The van der Waals surface area contributed by atoms with Crippen molar-refractivity contribution >= 4 is 11.5 Å². The Bertz CT molecular complexity index is 1140. The first kappa shape index (κ1) is 16.1. The van der Waals surface area contributed by atoms with Gasteiger partial charge in [0, 0.05) is 17.3 Å². The molecule has 0 aliphatic heterocycles. The third-order valence-corrected chi connectivity index (χ3v) is 4.28. The van der Waals surface area contributed by atoms with E-state index in [-0.39, 0.29) is 5.56 Å². The standard InChI is InChI=1S/C20H19N5O/c1-13-6-5-8-15(10-13)21-12-16-11-18(26)25-20(22-16)23-19(24-25)17-9-4-3-7-14(17)2/h3-11,21H,12H2,1-2H3,(H,22,23,24). The Labute approximate surface area is 150 Å². The Kier molecular flexibility index (Phi) is 4.01. The van der Waals surface area contributed by atoms with Crippen LogP contribution in [0.4, 0.5) is 5.69 Å². The van der Waals surface area contributed by atoms with Crippen molar-refractivity contribution in [2.75, 3.05) is 5.32 Å². The fourth-order valence-electron chi connectivity index (χ4n) is 2.92. The monoisotopic (exact) mass is 345 g/mol. The molecule has 0 fully saturated rings. The molecule has 0 spiro atoms. The van der Waals surface area contributed by atoms with Crippen LogP contribution in [0.5, 0.6) is 0 Å². The van der Waals surface area contributed by atoms with Crippen LogP contribution in [0.25, 0.3) is 17.2 Å². The summed E-state index contributed by atoms with van der Waals surface area (Å²) in [5.41, 5.74) is 4.68. The van der Waals surface area contributed by atoms with Gasteiger partial charge in [0.25, 0.3) is 11.3 Å². The molecule has 26 heavy (non-hydrogen) atoms. The van der Waals surface area contributed by atoms with E-state index in [0.717, 1.165) is 16.8 Å². The predicted molar refractivity (Wildman–Crippen MR) is 102 cm³/mol. The Morgan fingerprint density at radius 3 is 2.69 bits per heavy atom. The van der Waals surface area contributed by atoms with Crippen molar-refractivity contribution in [1.82, 2.24) is 19.6 Å². The molecule has 2 N–H and O–H groups in total. The number of hydrogen-bond acceptors (Lipinski definition) is 4. The lowest BCUT2D eigenvalue weighted by molar-refractivity contribution is 0.878. The minimum Gasteiger partial charge on any atom is -0.379 e. The molecule has 0 atom stereocenters. The number of benzene rings is 2. The first-order valence-electron chi connectivity index (χ1n) is 8.45. The highest BCUT2D eigenvalue weighted by Crippen LogP contribution is 2.19. The molecule has 0 aliphatic rings. The van der Waals surface area contributed by atoms with Crippen LogP contribution < -0.4 is 10.9 Å². The molecule has 0 saturated carbocycles. The maximum atomic E-state index is 12.4. The number of aromatic nitrogens is 4. The highest BCUT2D eigenvalue weighted by molar-refractivity contribution is 5.61. The molecular weight excluding hydrogens is 326 g/mol. The average molecular weight is 345 g/mol. The summed E-state index contributed by atoms with van der Waals surface area (Å²) in [5, 5.41) is 6.33. The molecule has 2 heterocycles. The van der Waals surface area contributed by atoms with Crippen LogP contribution in [-0.4, -0.2) is 19.6 Å². The van der Waals surface area contributed by atoms with Crippen LogP contribution in [0.1, 0.15) is 16.8 Å². The summed E-state index contributed by atoms with van der Waals surface area (Å²) >= 11 is 0. The van der Waals surface area contributed by atoms with E-state index >= 15 is 0 Å². The van der Waals surface area contributed by atoms with Gasteiger partial charge < -0.3 is 5.32 Å². The zero-order chi connectivity index (χ0) is 18.1. The third-order valence-electron chi connectivity index (χ3n) is 4.28. The van der Waals surface area contributed by atoms with Crippen LogP contribution in [0.2, 0.25) is 0 Å². The lowest BCUT2D eigenvalue weighted by Gasteiger charge is -2.06. The molecule has 4 rings (SSSR count). The summed E-state index contributed by atoms with van der Waals surface area (Å²) in [6.07, 6.45) is 0. The number of aromatic amines is 1. The van der Waals surface area contributed by atoms with Gasteiger partial charge in [-0.15, -0.1) is 0 Å². The number of nitrogens with zero attached hydrogens (tertiary/aromatic N) is 3. The van der Waals surface area contributed by atoms with Crippen LogP contribution in [0.3, 0.4) is 0 Å². The van der Waals surface area contributed by atoms with E-state index < -0.39 is 0 Å². The molecule has 2 aromatic heterocycles. The van der Waals surface area contributed by atoms with E-state index in [1.54, 1.807) is 0 Å². The largest absolute Gasteiger partial charge is 0.379 e. The van der Waals surface area contributed by atoms with Crippen LogP contribution in [0.15, 0.2) is 59.4 Å². The summed E-state index contributed by atoms with van der Waals surface area (Å²) < 4.78 is 1.37. The second kappa shape index (κ2) is 6.48. The van der Waals surface area contributed by atoms with E-state index in [0.29, 0.717) is 23.8 Å². The van der Waals surface area contributed by atoms with Crippen molar-refractivity contribution in [1.29, 1.82) is 0 Å². The molecule has 0 aliphatic carbocycles. The van der Waals surface area contributed by atoms with E-state index in [9.17, 15) is 4.79 Å². The number of rotatable bonds is 4. The number of aryl methyl sites for hydroxylation is 2. The number of anilines is 1. The Morgan fingerprint density at radius 1 is 1.04 bits per heavy atom. The van der Waals surface area contributed by atoms with E-state index in [4.69, 9.17) is 0 Å². The van der Waals surface area contributed by atoms with Gasteiger partial charge in [0.05, 0.1) is 12.2 Å². The first-order valence-corrected chi connectivity index (χ1v) is 8.45. The molecule has 130 valence electrons. The molecule has 4 aromatic rings. The molecule has 0 amide bonds. The molecule has 2 aromatic carbocycles. The van der Waals surface area contributed by atoms with Crippen molar-refractivity contribution < 1.29 is 0 Å². The topological polar surface area (TPSA) is 75.1 Å². The molecule has 0 saturated heterocycles. The van der Waals surface area contributed by atoms with Crippen molar-refractivity contribution in [3.8, 4) is 11.4 Å². The molecule has 0 radical (unpaired) electrons. The zero-order valence-electron chi connectivity index (χ0n) is 14.7. The van der Waals surface area contributed by atoms with Gasteiger partial charge in [-0.3, -0.25) is 9.89 Å². The maximum Gasteiger partial charge on any atom is 0.274 e. The van der Waals surface area contributed by atoms with E-state index in [1.165, 1.54) is 16.1 Å². The van der Waals surface area contributed by atoms with Crippen molar-refractivity contribution in [3.63, 3.8) is 0 Å². The zero-order valence-corrected chi connectivity index (χ0v) is 14.7. The van der Waals surface area contributed by atoms with Crippen LogP contribution in [-0.2, 0) is 6.54 Å². The van der Waals surface area contributed by atoms with Gasteiger partial charge in [-0.2, -0.15) is 9.50 Å². The highest BCUT2D eigenvalue weighted by Gasteiger charge is 2.11. The minimum atomic E-state index is -0.177. The van der Waals surface area contributed by atoms with Gasteiger partial charge in [0.15, 0.2) is 5.82 Å². The number of fused-ring (bicyclic) bond motifs is 1. The SMILES string of the molecule is Cc1cccc(NCc2cc(=O)n3[nH]c(-c4ccccc4C)nc3n2)c1. The Balaban J connectivity index is 1.66. The van der Waals surface area contributed by atoms with Crippen LogP contribution in [0, 0.1) is 13.8 Å². The highest BCUT2D eigenvalue weighted by atomic mass is 16.1. The first-order chi connectivity index (χ1) is 12.6. The predicted octanol–water partition coefficient (Wildman–Crippen LogP) is 3.31. The van der Waals surface area contributed by atoms with E-state index in [1.807, 2.05) is 56.3 Å². The van der Waals surface area contributed by atoms with Crippen LogP contribution >= 0.6 is 0 Å². The molecule has 6 heteroatoms. The van der Waals surface area contributed by atoms with Crippen molar-refractivity contribution in [2.24, 2.45) is 0 Å². The average Bonchev–Trinajstić information content (AvgIpc) is 3.05. The van der Waals surface area contributed by atoms with Gasteiger partial charge in [0.2, 0.25) is 0 Å². The second-order valence-corrected chi connectivity index (χ2v) is 6.33. The van der Waals surface area contributed by atoms with Gasteiger partial charge >= 0.3 is 0 Å². The third kappa shape index (κ3) is 3.09. The molecule has 0 unspecified atom stereocenters. The smallest absolute Gasteiger partial charge is 0.274 e. The van der Waals surface area contributed by atoms with Gasteiger partial charge in [-0.05, 0) is 37.1 Å². The molecule has 6 nitrogen and oxygen atoms in total. The summed E-state index contributed by atoms with van der Waals surface area (Å²) in [6, 6.07) is 17.5. The lowest BCUT2D eigenvalue weighted by atomic mass is 10.1. The quantitative estimate of drug-likeness (QED) is 0.595. The number of hydrogen-bond donors (Lipinski definition) is 2. The number of H-pyrrole nitrogens is 1. The lowest BCUT2D eigenvalue weighted by Crippen LogP contribution is -2.17. The normalized spacial score (nSPS) is 11.0. The van der Waals surface area contributed by atoms with Crippen molar-refractivity contribution in [2.45, 2.75) is 20.4 Å². The van der Waals surface area contributed by atoms with E-state index in [2.05, 4.69) is 26.4 Å².